The molecule has 1 aliphatic heterocycles. The van der Waals surface area contributed by atoms with Crippen molar-refractivity contribution in [1.29, 1.82) is 0 Å². The fourth-order valence-electron chi connectivity index (χ4n) is 3.75. The minimum absolute atomic E-state index is 0.166. The lowest BCUT2D eigenvalue weighted by Crippen LogP contribution is -2.42. The van der Waals surface area contributed by atoms with Gasteiger partial charge in [0.1, 0.15) is 6.04 Å². The lowest BCUT2D eigenvalue weighted by Gasteiger charge is -2.22. The van der Waals surface area contributed by atoms with Crippen molar-refractivity contribution in [3.05, 3.63) is 59.8 Å². The van der Waals surface area contributed by atoms with Crippen LogP contribution in [0.2, 0.25) is 5.02 Å². The summed E-state index contributed by atoms with van der Waals surface area (Å²) < 4.78 is 0. The van der Waals surface area contributed by atoms with Gasteiger partial charge in [-0.25, -0.2) is 0 Å². The van der Waals surface area contributed by atoms with E-state index in [4.69, 9.17) is 11.6 Å². The summed E-state index contributed by atoms with van der Waals surface area (Å²) in [5, 5.41) is 15.2. The highest BCUT2D eigenvalue weighted by atomic mass is 35.5. The Balaban J connectivity index is 1.65. The zero-order valence-electron chi connectivity index (χ0n) is 15.8. The molecule has 148 valence electrons. The molecule has 1 fully saturated rings. The first-order valence-corrected chi connectivity index (χ1v) is 9.71. The molecule has 1 aliphatic rings. The lowest BCUT2D eigenvalue weighted by atomic mass is 10.0. The Kier molecular flexibility index (Phi) is 5.22. The Morgan fingerprint density at radius 3 is 2.79 bits per heavy atom. The van der Waals surface area contributed by atoms with Crippen molar-refractivity contribution in [2.75, 3.05) is 11.9 Å². The number of carbonyl (C=O) groups is 2. The Morgan fingerprint density at radius 1 is 1.21 bits per heavy atom. The van der Waals surface area contributed by atoms with Crippen molar-refractivity contribution < 1.29 is 14.7 Å². The summed E-state index contributed by atoms with van der Waals surface area (Å²) in [6, 6.07) is 14.3. The Hall–Kier alpha value is -2.96. The lowest BCUT2D eigenvalue weighted by molar-refractivity contribution is -0.134. The number of fused-ring (bicyclic) bond motifs is 1. The summed E-state index contributed by atoms with van der Waals surface area (Å²) in [4.78, 5) is 30.4. The van der Waals surface area contributed by atoms with Crippen LogP contribution < -0.4 is 5.32 Å². The van der Waals surface area contributed by atoms with Gasteiger partial charge in [0, 0.05) is 42.7 Å². The van der Waals surface area contributed by atoms with E-state index in [1.807, 2.05) is 30.3 Å². The van der Waals surface area contributed by atoms with E-state index >= 15 is 0 Å². The molecule has 0 radical (unpaired) electrons. The number of β-amino-alcohol motifs (C(OH)–C–C–N with tert-alkyl or cyclic N) is 1. The number of rotatable bonds is 3. The molecule has 1 aromatic heterocycles. The number of hydrogen-bond donors (Lipinski definition) is 2. The molecule has 0 saturated carbocycles. The number of aromatic nitrogens is 1. The highest BCUT2D eigenvalue weighted by molar-refractivity contribution is 6.33. The summed E-state index contributed by atoms with van der Waals surface area (Å²) in [6.07, 6.45) is 1.25. The van der Waals surface area contributed by atoms with E-state index in [0.29, 0.717) is 16.3 Å². The second kappa shape index (κ2) is 7.81. The number of hydrogen-bond acceptors (Lipinski definition) is 4. The molecule has 2 amide bonds. The Morgan fingerprint density at radius 2 is 2.00 bits per heavy atom. The van der Waals surface area contributed by atoms with Gasteiger partial charge in [-0.05, 0) is 29.7 Å². The van der Waals surface area contributed by atoms with Crippen LogP contribution >= 0.6 is 11.6 Å². The fourth-order valence-corrected chi connectivity index (χ4v) is 3.96. The Labute approximate surface area is 173 Å². The number of amides is 2. The van der Waals surface area contributed by atoms with Crippen LogP contribution in [0.5, 0.6) is 0 Å². The van der Waals surface area contributed by atoms with Crippen molar-refractivity contribution in [1.82, 2.24) is 9.88 Å². The van der Waals surface area contributed by atoms with E-state index in [9.17, 15) is 14.7 Å². The predicted octanol–water partition coefficient (Wildman–Crippen LogP) is 3.48. The summed E-state index contributed by atoms with van der Waals surface area (Å²) >= 11 is 6.44. The molecule has 1 saturated heterocycles. The smallest absolute Gasteiger partial charge is 0.247 e. The standard InChI is InChI=1S/C22H20ClN3O3/c1-13(27)26-12-16(28)11-20(26)22(29)25-15-6-7-19(23)18(10-15)21-17-5-3-2-4-14(17)8-9-24-21/h2-10,16,20,28H,11-12H2,1H3,(H,25,29). The van der Waals surface area contributed by atoms with Crippen LogP contribution in [0.1, 0.15) is 13.3 Å². The maximum atomic E-state index is 12.8. The van der Waals surface area contributed by atoms with Crippen LogP contribution in [-0.4, -0.2) is 45.5 Å². The number of pyridine rings is 1. The normalized spacial score (nSPS) is 18.8. The number of anilines is 1. The second-order valence-corrected chi connectivity index (χ2v) is 7.55. The minimum atomic E-state index is -0.699. The summed E-state index contributed by atoms with van der Waals surface area (Å²) in [5.74, 6) is -0.575. The molecule has 3 aromatic rings. The van der Waals surface area contributed by atoms with Crippen LogP contribution in [0.4, 0.5) is 5.69 Å². The minimum Gasteiger partial charge on any atom is -0.391 e. The van der Waals surface area contributed by atoms with Gasteiger partial charge >= 0.3 is 0 Å². The van der Waals surface area contributed by atoms with Gasteiger partial charge in [-0.15, -0.1) is 0 Å². The number of aliphatic hydroxyl groups is 1. The molecule has 2 aromatic carbocycles. The number of aliphatic hydroxyl groups excluding tert-OH is 1. The molecule has 2 unspecified atom stereocenters. The van der Waals surface area contributed by atoms with Crippen molar-refractivity contribution >= 4 is 39.9 Å². The molecule has 2 atom stereocenters. The molecule has 7 heteroatoms. The molecular formula is C22H20ClN3O3. The van der Waals surface area contributed by atoms with Crippen molar-refractivity contribution in [2.24, 2.45) is 0 Å². The first kappa shape index (κ1) is 19.4. The highest BCUT2D eigenvalue weighted by Crippen LogP contribution is 2.34. The number of nitrogens with one attached hydrogen (secondary N) is 1. The third-order valence-corrected chi connectivity index (χ3v) is 5.48. The number of likely N-dealkylation sites (tertiary alicyclic amines) is 1. The SMILES string of the molecule is CC(=O)N1CC(O)CC1C(=O)Nc1ccc(Cl)c(-c2nccc3ccccc23)c1. The molecular weight excluding hydrogens is 390 g/mol. The van der Waals surface area contributed by atoms with Gasteiger partial charge < -0.3 is 15.3 Å². The monoisotopic (exact) mass is 409 g/mol. The van der Waals surface area contributed by atoms with Crippen LogP contribution in [-0.2, 0) is 9.59 Å². The maximum absolute atomic E-state index is 12.8. The van der Waals surface area contributed by atoms with Crippen LogP contribution in [0, 0.1) is 0 Å². The highest BCUT2D eigenvalue weighted by Gasteiger charge is 2.37. The Bertz CT molecular complexity index is 1100. The summed E-state index contributed by atoms with van der Waals surface area (Å²) in [7, 11) is 0. The van der Waals surface area contributed by atoms with Gasteiger partial charge in [0.25, 0.3) is 0 Å². The van der Waals surface area contributed by atoms with Crippen molar-refractivity contribution in [2.45, 2.75) is 25.5 Å². The van der Waals surface area contributed by atoms with E-state index in [-0.39, 0.29) is 24.8 Å². The largest absolute Gasteiger partial charge is 0.391 e. The molecule has 0 spiro atoms. The van der Waals surface area contributed by atoms with Gasteiger partial charge in [0.05, 0.1) is 16.8 Å². The third kappa shape index (κ3) is 3.81. The number of halogens is 1. The molecule has 2 heterocycles. The third-order valence-electron chi connectivity index (χ3n) is 5.15. The van der Waals surface area contributed by atoms with Crippen LogP contribution in [0.15, 0.2) is 54.7 Å². The zero-order chi connectivity index (χ0) is 20.5. The first-order valence-electron chi connectivity index (χ1n) is 9.34. The average Bonchev–Trinajstić information content (AvgIpc) is 3.11. The van der Waals surface area contributed by atoms with Crippen molar-refractivity contribution in [3.8, 4) is 11.3 Å². The van der Waals surface area contributed by atoms with Gasteiger partial charge in [-0.1, -0.05) is 35.9 Å². The quantitative estimate of drug-likeness (QED) is 0.693. The maximum Gasteiger partial charge on any atom is 0.247 e. The van der Waals surface area contributed by atoms with E-state index in [1.54, 1.807) is 24.4 Å². The topological polar surface area (TPSA) is 82.5 Å². The average molecular weight is 410 g/mol. The molecule has 0 aliphatic carbocycles. The summed E-state index contributed by atoms with van der Waals surface area (Å²) in [5.41, 5.74) is 1.98. The van der Waals surface area contributed by atoms with E-state index in [0.717, 1.165) is 16.5 Å². The van der Waals surface area contributed by atoms with E-state index in [1.165, 1.54) is 11.8 Å². The van der Waals surface area contributed by atoms with E-state index in [2.05, 4.69) is 10.3 Å². The van der Waals surface area contributed by atoms with Gasteiger partial charge in [0.2, 0.25) is 11.8 Å². The number of carbonyl (C=O) groups excluding carboxylic acids is 2. The van der Waals surface area contributed by atoms with Gasteiger partial charge in [-0.3, -0.25) is 14.6 Å². The second-order valence-electron chi connectivity index (χ2n) is 7.14. The zero-order valence-corrected chi connectivity index (χ0v) is 16.6. The molecule has 0 bridgehead atoms. The first-order chi connectivity index (χ1) is 13.9. The van der Waals surface area contributed by atoms with Crippen LogP contribution in [0.25, 0.3) is 22.0 Å². The number of nitrogens with zero attached hydrogens (tertiary/aromatic N) is 2. The molecule has 2 N–H and O–H groups in total. The predicted molar refractivity (Wildman–Crippen MR) is 113 cm³/mol. The molecule has 29 heavy (non-hydrogen) atoms. The van der Waals surface area contributed by atoms with Gasteiger partial charge in [-0.2, -0.15) is 0 Å². The van der Waals surface area contributed by atoms with Crippen molar-refractivity contribution in [3.63, 3.8) is 0 Å². The van der Waals surface area contributed by atoms with E-state index < -0.39 is 12.1 Å². The fraction of sp³-hybridized carbons (Fsp3) is 0.227. The molecule has 6 nitrogen and oxygen atoms in total. The van der Waals surface area contributed by atoms with Gasteiger partial charge in [0.15, 0.2) is 0 Å². The number of benzene rings is 2. The van der Waals surface area contributed by atoms with Crippen LogP contribution in [0.3, 0.4) is 0 Å². The summed E-state index contributed by atoms with van der Waals surface area (Å²) in [6.45, 7) is 1.56. The molecule has 4 rings (SSSR count).